The molecule has 0 atom stereocenters. The molecule has 0 amide bonds. The van der Waals surface area contributed by atoms with E-state index in [0.717, 1.165) is 0 Å². The molecule has 0 bridgehead atoms. The Bertz CT molecular complexity index is 940. The van der Waals surface area contributed by atoms with E-state index >= 15 is 0 Å². The predicted octanol–water partition coefficient (Wildman–Crippen LogP) is 4.19. The number of aryl methyl sites for hydroxylation is 1. The minimum absolute atomic E-state index is 0.279. The van der Waals surface area contributed by atoms with Crippen LogP contribution in [0, 0.1) is 5.82 Å². The fourth-order valence-corrected chi connectivity index (χ4v) is 3.15. The van der Waals surface area contributed by atoms with Crippen LogP contribution in [0.15, 0.2) is 60.1 Å². The number of rotatable bonds is 6. The van der Waals surface area contributed by atoms with Crippen LogP contribution in [0.5, 0.6) is 0 Å². The normalized spacial score (nSPS) is 11.4. The van der Waals surface area contributed by atoms with Crippen molar-refractivity contribution in [3.05, 3.63) is 82.1 Å². The molecule has 0 aliphatic carbocycles. The largest absolute Gasteiger partial charge is 0.454 e. The molecule has 0 unspecified atom stereocenters. The Morgan fingerprint density at radius 2 is 1.92 bits per heavy atom. The standard InChI is InChI=1S/C20H16FNO3S/c1-22-10-2-4-17(22)18(23)13-25-20(24)16(19-5-3-11-26-19)12-14-6-8-15(21)9-7-14/h2-12H,13H2,1H3/b16-12+. The molecule has 0 aliphatic rings. The first-order valence-corrected chi connectivity index (χ1v) is 8.75. The van der Waals surface area contributed by atoms with Crippen molar-refractivity contribution >= 4 is 34.7 Å². The van der Waals surface area contributed by atoms with E-state index < -0.39 is 5.97 Å². The maximum atomic E-state index is 13.1. The van der Waals surface area contributed by atoms with Crippen molar-refractivity contribution in [1.82, 2.24) is 4.57 Å². The minimum atomic E-state index is -0.598. The van der Waals surface area contributed by atoms with Gasteiger partial charge in [0.2, 0.25) is 5.78 Å². The number of hydrogen-bond acceptors (Lipinski definition) is 4. The molecule has 2 heterocycles. The molecule has 0 N–H and O–H groups in total. The zero-order valence-corrected chi connectivity index (χ0v) is 14.8. The van der Waals surface area contributed by atoms with Crippen molar-refractivity contribution in [2.45, 2.75) is 0 Å². The van der Waals surface area contributed by atoms with Crippen LogP contribution in [0.4, 0.5) is 4.39 Å². The van der Waals surface area contributed by atoms with E-state index in [0.29, 0.717) is 21.7 Å². The third-order valence-corrected chi connectivity index (χ3v) is 4.65. The van der Waals surface area contributed by atoms with Gasteiger partial charge in [-0.2, -0.15) is 0 Å². The van der Waals surface area contributed by atoms with Crippen LogP contribution in [-0.2, 0) is 16.6 Å². The van der Waals surface area contributed by atoms with Gasteiger partial charge < -0.3 is 9.30 Å². The Labute approximate surface area is 154 Å². The number of benzene rings is 1. The van der Waals surface area contributed by atoms with E-state index in [1.54, 1.807) is 54.2 Å². The van der Waals surface area contributed by atoms with Crippen molar-refractivity contribution in [2.75, 3.05) is 6.61 Å². The molecule has 3 aromatic rings. The lowest BCUT2D eigenvalue weighted by Gasteiger charge is -2.08. The molecule has 2 aromatic heterocycles. The van der Waals surface area contributed by atoms with Gasteiger partial charge in [0.05, 0.1) is 11.3 Å². The first-order chi connectivity index (χ1) is 12.5. The van der Waals surface area contributed by atoms with Gasteiger partial charge in [0, 0.05) is 18.1 Å². The molecule has 0 fully saturated rings. The number of nitrogens with zero attached hydrogens (tertiary/aromatic N) is 1. The average Bonchev–Trinajstić information content (AvgIpc) is 3.30. The summed E-state index contributed by atoms with van der Waals surface area (Å²) in [6, 6.07) is 12.8. The lowest BCUT2D eigenvalue weighted by atomic mass is 10.1. The van der Waals surface area contributed by atoms with Gasteiger partial charge in [-0.15, -0.1) is 11.3 Å². The summed E-state index contributed by atoms with van der Waals surface area (Å²) in [5, 5.41) is 1.84. The fraction of sp³-hybridized carbons (Fsp3) is 0.100. The van der Waals surface area contributed by atoms with Gasteiger partial charge in [-0.05, 0) is 47.4 Å². The van der Waals surface area contributed by atoms with E-state index in [1.807, 2.05) is 11.4 Å². The number of hydrogen-bond donors (Lipinski definition) is 0. The summed E-state index contributed by atoms with van der Waals surface area (Å²) >= 11 is 1.38. The molecule has 4 nitrogen and oxygen atoms in total. The van der Waals surface area contributed by atoms with Gasteiger partial charge in [-0.3, -0.25) is 4.79 Å². The van der Waals surface area contributed by atoms with Crippen molar-refractivity contribution < 1.29 is 18.7 Å². The van der Waals surface area contributed by atoms with E-state index in [-0.39, 0.29) is 18.2 Å². The third kappa shape index (κ3) is 4.15. The number of Topliss-reactive ketones (excluding diaryl/α,β-unsaturated/α-hetero) is 1. The van der Waals surface area contributed by atoms with Gasteiger partial charge in [0.1, 0.15) is 5.82 Å². The average molecular weight is 369 g/mol. The second kappa shape index (κ2) is 7.93. The Kier molecular flexibility index (Phi) is 5.43. The van der Waals surface area contributed by atoms with Crippen LogP contribution in [0.25, 0.3) is 11.6 Å². The van der Waals surface area contributed by atoms with Crippen LogP contribution >= 0.6 is 11.3 Å². The summed E-state index contributed by atoms with van der Waals surface area (Å²) in [6.45, 7) is -0.344. The number of carbonyl (C=O) groups is 2. The summed E-state index contributed by atoms with van der Waals surface area (Å²) < 4.78 is 20.0. The van der Waals surface area contributed by atoms with Crippen LogP contribution in [0.3, 0.4) is 0 Å². The highest BCUT2D eigenvalue weighted by Crippen LogP contribution is 2.24. The predicted molar refractivity (Wildman–Crippen MR) is 99.3 cm³/mol. The molecular formula is C20H16FNO3S. The van der Waals surface area contributed by atoms with Gasteiger partial charge in [-0.1, -0.05) is 18.2 Å². The summed E-state index contributed by atoms with van der Waals surface area (Å²) in [5.41, 5.74) is 1.46. The van der Waals surface area contributed by atoms with Crippen LogP contribution < -0.4 is 0 Å². The monoisotopic (exact) mass is 369 g/mol. The zero-order valence-electron chi connectivity index (χ0n) is 14.0. The quantitative estimate of drug-likeness (QED) is 0.372. The second-order valence-corrected chi connectivity index (χ2v) is 6.54. The van der Waals surface area contributed by atoms with Crippen LogP contribution in [0.2, 0.25) is 0 Å². The SMILES string of the molecule is Cn1cccc1C(=O)COC(=O)/C(=C/c1ccc(F)cc1)c1cccs1. The third-order valence-electron chi connectivity index (χ3n) is 3.75. The van der Waals surface area contributed by atoms with Crippen molar-refractivity contribution in [1.29, 1.82) is 0 Å². The number of ether oxygens (including phenoxy) is 1. The molecule has 3 rings (SSSR count). The molecule has 1 aromatic carbocycles. The lowest BCUT2D eigenvalue weighted by Crippen LogP contribution is -2.17. The van der Waals surface area contributed by atoms with E-state index in [2.05, 4.69) is 0 Å². The lowest BCUT2D eigenvalue weighted by molar-refractivity contribution is -0.135. The van der Waals surface area contributed by atoms with Crippen molar-refractivity contribution in [3.8, 4) is 0 Å². The molecule has 26 heavy (non-hydrogen) atoms. The van der Waals surface area contributed by atoms with E-state index in [1.165, 1.54) is 23.5 Å². The minimum Gasteiger partial charge on any atom is -0.454 e. The second-order valence-electron chi connectivity index (χ2n) is 5.59. The molecule has 0 saturated carbocycles. The number of halogens is 1. The Morgan fingerprint density at radius 1 is 1.15 bits per heavy atom. The van der Waals surface area contributed by atoms with E-state index in [9.17, 15) is 14.0 Å². The van der Waals surface area contributed by atoms with Crippen molar-refractivity contribution in [3.63, 3.8) is 0 Å². The van der Waals surface area contributed by atoms with Gasteiger partial charge in [0.25, 0.3) is 0 Å². The first-order valence-electron chi connectivity index (χ1n) is 7.87. The van der Waals surface area contributed by atoms with Gasteiger partial charge >= 0.3 is 5.97 Å². The van der Waals surface area contributed by atoms with E-state index in [4.69, 9.17) is 4.74 Å². The highest BCUT2D eigenvalue weighted by Gasteiger charge is 2.18. The number of ketones is 1. The molecule has 0 spiro atoms. The van der Waals surface area contributed by atoms with Crippen LogP contribution in [0.1, 0.15) is 20.9 Å². The van der Waals surface area contributed by atoms with Gasteiger partial charge in [-0.25, -0.2) is 9.18 Å². The molecule has 0 radical (unpaired) electrons. The topological polar surface area (TPSA) is 48.3 Å². The maximum Gasteiger partial charge on any atom is 0.340 e. The fourth-order valence-electron chi connectivity index (χ4n) is 2.42. The summed E-state index contributed by atoms with van der Waals surface area (Å²) in [6.07, 6.45) is 3.38. The molecule has 0 aliphatic heterocycles. The summed E-state index contributed by atoms with van der Waals surface area (Å²) in [7, 11) is 1.75. The Balaban J connectivity index is 1.79. The first kappa shape index (κ1) is 17.8. The smallest absolute Gasteiger partial charge is 0.340 e. The van der Waals surface area contributed by atoms with Crippen LogP contribution in [-0.4, -0.2) is 22.9 Å². The molecule has 0 saturated heterocycles. The summed E-state index contributed by atoms with van der Waals surface area (Å²) in [5.74, 6) is -1.23. The Hall–Kier alpha value is -2.99. The summed E-state index contributed by atoms with van der Waals surface area (Å²) in [4.78, 5) is 25.4. The Morgan fingerprint density at radius 3 is 2.54 bits per heavy atom. The molecule has 132 valence electrons. The van der Waals surface area contributed by atoms with Crippen molar-refractivity contribution in [2.24, 2.45) is 7.05 Å². The van der Waals surface area contributed by atoms with Gasteiger partial charge in [0.15, 0.2) is 6.61 Å². The highest BCUT2D eigenvalue weighted by atomic mass is 32.1. The zero-order chi connectivity index (χ0) is 18.5. The molecular weight excluding hydrogens is 353 g/mol. The molecule has 6 heteroatoms. The number of carbonyl (C=O) groups excluding carboxylic acids is 2. The number of esters is 1. The number of thiophene rings is 1. The maximum absolute atomic E-state index is 13.1. The highest BCUT2D eigenvalue weighted by molar-refractivity contribution is 7.11. The number of aromatic nitrogens is 1.